The Balaban J connectivity index is 2.43. The third-order valence-corrected chi connectivity index (χ3v) is 4.31. The zero-order valence-electron chi connectivity index (χ0n) is 11.5. The molecule has 0 fully saturated rings. The molecule has 2 rings (SSSR count). The summed E-state index contributed by atoms with van der Waals surface area (Å²) in [6, 6.07) is 10.5. The van der Waals surface area contributed by atoms with Gasteiger partial charge in [0.2, 0.25) is 0 Å². The number of carbonyl (C=O) groups excluding carboxylic acids is 1. The largest absolute Gasteiger partial charge is 0.496 e. The molecular formula is C15H13ClO4S. The van der Waals surface area contributed by atoms with Crippen LogP contribution in [0.25, 0.3) is 0 Å². The molecule has 0 saturated heterocycles. The van der Waals surface area contributed by atoms with Gasteiger partial charge in [0.15, 0.2) is 15.6 Å². The number of sulfone groups is 1. The van der Waals surface area contributed by atoms with Crippen molar-refractivity contribution < 1.29 is 17.9 Å². The number of hydrogen-bond donors (Lipinski definition) is 0. The van der Waals surface area contributed by atoms with Gasteiger partial charge in [0.05, 0.1) is 17.6 Å². The molecule has 110 valence electrons. The monoisotopic (exact) mass is 324 g/mol. The van der Waals surface area contributed by atoms with Crippen LogP contribution in [0.5, 0.6) is 5.75 Å². The standard InChI is InChI=1S/C15H13ClO4S/c1-20-14-8-5-11(16)9-13(14)15(17)10-3-6-12(7-4-10)21(2,18)19/h3-9H,1-2H3. The Morgan fingerprint density at radius 3 is 2.24 bits per heavy atom. The maximum Gasteiger partial charge on any atom is 0.196 e. The van der Waals surface area contributed by atoms with E-state index in [9.17, 15) is 13.2 Å². The van der Waals surface area contributed by atoms with Crippen LogP contribution in [0.15, 0.2) is 47.4 Å². The summed E-state index contributed by atoms with van der Waals surface area (Å²) >= 11 is 5.90. The molecule has 4 nitrogen and oxygen atoms in total. The van der Waals surface area contributed by atoms with Crippen molar-refractivity contribution in [1.29, 1.82) is 0 Å². The highest BCUT2D eigenvalue weighted by molar-refractivity contribution is 7.90. The van der Waals surface area contributed by atoms with Crippen molar-refractivity contribution in [1.82, 2.24) is 0 Å². The van der Waals surface area contributed by atoms with Crippen LogP contribution < -0.4 is 4.74 Å². The van der Waals surface area contributed by atoms with Crippen molar-refractivity contribution in [3.63, 3.8) is 0 Å². The van der Waals surface area contributed by atoms with Crippen molar-refractivity contribution in [2.24, 2.45) is 0 Å². The van der Waals surface area contributed by atoms with Crippen molar-refractivity contribution in [3.05, 3.63) is 58.6 Å². The number of carbonyl (C=O) groups is 1. The maximum absolute atomic E-state index is 12.5. The molecule has 2 aromatic carbocycles. The van der Waals surface area contributed by atoms with Crippen molar-refractivity contribution in [2.45, 2.75) is 4.90 Å². The number of benzene rings is 2. The number of methoxy groups -OCH3 is 1. The van der Waals surface area contributed by atoms with Gasteiger partial charge in [-0.05, 0) is 42.5 Å². The summed E-state index contributed by atoms with van der Waals surface area (Å²) < 4.78 is 28.0. The third-order valence-electron chi connectivity index (χ3n) is 2.95. The molecule has 0 aromatic heterocycles. The first-order valence-electron chi connectivity index (χ1n) is 6.01. The SMILES string of the molecule is COc1ccc(Cl)cc1C(=O)c1ccc(S(C)(=O)=O)cc1. The molecule has 0 spiro atoms. The lowest BCUT2D eigenvalue weighted by atomic mass is 10.0. The molecule has 0 radical (unpaired) electrons. The molecule has 0 amide bonds. The average Bonchev–Trinajstić information content (AvgIpc) is 2.45. The highest BCUT2D eigenvalue weighted by atomic mass is 35.5. The van der Waals surface area contributed by atoms with E-state index in [2.05, 4.69) is 0 Å². The van der Waals surface area contributed by atoms with Crippen LogP contribution in [0.1, 0.15) is 15.9 Å². The molecule has 0 unspecified atom stereocenters. The lowest BCUT2D eigenvalue weighted by molar-refractivity contribution is 0.103. The van der Waals surface area contributed by atoms with Crippen LogP contribution in [-0.2, 0) is 9.84 Å². The quantitative estimate of drug-likeness (QED) is 0.811. The minimum absolute atomic E-state index is 0.164. The van der Waals surface area contributed by atoms with E-state index in [0.29, 0.717) is 21.9 Å². The third kappa shape index (κ3) is 3.43. The minimum atomic E-state index is -3.29. The van der Waals surface area contributed by atoms with Crippen LogP contribution in [0.4, 0.5) is 0 Å². The Labute approximate surface area is 128 Å². The van der Waals surface area contributed by atoms with Gasteiger partial charge >= 0.3 is 0 Å². The number of ketones is 1. The highest BCUT2D eigenvalue weighted by Crippen LogP contribution is 2.25. The summed E-state index contributed by atoms with van der Waals surface area (Å²) in [7, 11) is -1.82. The molecule has 0 N–H and O–H groups in total. The first kappa shape index (κ1) is 15.5. The van der Waals surface area contributed by atoms with E-state index in [1.54, 1.807) is 12.1 Å². The lowest BCUT2D eigenvalue weighted by Crippen LogP contribution is -2.05. The molecule has 0 atom stereocenters. The van der Waals surface area contributed by atoms with Gasteiger partial charge in [-0.15, -0.1) is 0 Å². The average molecular weight is 325 g/mol. The fourth-order valence-corrected chi connectivity index (χ4v) is 2.67. The summed E-state index contributed by atoms with van der Waals surface area (Å²) in [6.45, 7) is 0. The molecule has 0 aliphatic heterocycles. The molecule has 0 aliphatic rings. The first-order chi connectivity index (χ1) is 9.82. The number of halogens is 1. The van der Waals surface area contributed by atoms with E-state index in [1.165, 1.54) is 37.4 Å². The van der Waals surface area contributed by atoms with E-state index in [1.807, 2.05) is 0 Å². The second-order valence-electron chi connectivity index (χ2n) is 4.47. The zero-order chi connectivity index (χ0) is 15.6. The van der Waals surface area contributed by atoms with Gasteiger partial charge in [-0.25, -0.2) is 8.42 Å². The number of rotatable bonds is 4. The second-order valence-corrected chi connectivity index (χ2v) is 6.92. The van der Waals surface area contributed by atoms with Gasteiger partial charge in [-0.1, -0.05) is 11.6 Å². The summed E-state index contributed by atoms with van der Waals surface area (Å²) in [5, 5.41) is 0.423. The Bertz CT molecular complexity index is 780. The molecule has 6 heteroatoms. The normalized spacial score (nSPS) is 11.2. The molecule has 0 saturated carbocycles. The predicted octanol–water partition coefficient (Wildman–Crippen LogP) is 2.98. The van der Waals surface area contributed by atoms with Crippen LogP contribution >= 0.6 is 11.6 Å². The predicted molar refractivity (Wildman–Crippen MR) is 81.0 cm³/mol. The summed E-state index contributed by atoms with van der Waals surface area (Å²) in [4.78, 5) is 12.6. The number of hydrogen-bond acceptors (Lipinski definition) is 4. The zero-order valence-corrected chi connectivity index (χ0v) is 13.0. The van der Waals surface area contributed by atoms with Gasteiger partial charge in [0, 0.05) is 16.8 Å². The van der Waals surface area contributed by atoms with Gasteiger partial charge in [0.1, 0.15) is 5.75 Å². The van der Waals surface area contributed by atoms with E-state index >= 15 is 0 Å². The maximum atomic E-state index is 12.5. The number of ether oxygens (including phenoxy) is 1. The van der Waals surface area contributed by atoms with Crippen molar-refractivity contribution in [3.8, 4) is 5.75 Å². The first-order valence-corrected chi connectivity index (χ1v) is 8.28. The van der Waals surface area contributed by atoms with Crippen LogP contribution in [0.2, 0.25) is 5.02 Å². The van der Waals surface area contributed by atoms with Gasteiger partial charge in [-0.3, -0.25) is 4.79 Å². The molecule has 21 heavy (non-hydrogen) atoms. The smallest absolute Gasteiger partial charge is 0.196 e. The van der Waals surface area contributed by atoms with Gasteiger partial charge in [-0.2, -0.15) is 0 Å². The van der Waals surface area contributed by atoms with E-state index < -0.39 is 9.84 Å². The molecular weight excluding hydrogens is 312 g/mol. The Morgan fingerprint density at radius 2 is 1.71 bits per heavy atom. The fourth-order valence-electron chi connectivity index (χ4n) is 1.87. The van der Waals surface area contributed by atoms with Crippen LogP contribution in [-0.4, -0.2) is 27.6 Å². The Morgan fingerprint density at radius 1 is 1.10 bits per heavy atom. The Kier molecular flexibility index (Phi) is 4.34. The summed E-state index contributed by atoms with van der Waals surface area (Å²) in [6.07, 6.45) is 1.11. The van der Waals surface area contributed by atoms with Gasteiger partial charge < -0.3 is 4.74 Å². The summed E-state index contributed by atoms with van der Waals surface area (Å²) in [5.41, 5.74) is 0.695. The summed E-state index contributed by atoms with van der Waals surface area (Å²) in [5.74, 6) is 0.131. The fraction of sp³-hybridized carbons (Fsp3) is 0.133. The van der Waals surface area contributed by atoms with Gasteiger partial charge in [0.25, 0.3) is 0 Å². The minimum Gasteiger partial charge on any atom is -0.496 e. The lowest BCUT2D eigenvalue weighted by Gasteiger charge is -2.08. The Hall–Kier alpha value is -1.85. The topological polar surface area (TPSA) is 60.4 Å². The molecule has 0 heterocycles. The highest BCUT2D eigenvalue weighted by Gasteiger charge is 2.16. The van der Waals surface area contributed by atoms with Crippen LogP contribution in [0, 0.1) is 0 Å². The van der Waals surface area contributed by atoms with E-state index in [-0.39, 0.29) is 10.7 Å². The molecule has 0 bridgehead atoms. The second kappa shape index (κ2) is 5.87. The molecule has 2 aromatic rings. The van der Waals surface area contributed by atoms with E-state index in [0.717, 1.165) is 6.26 Å². The van der Waals surface area contributed by atoms with Crippen LogP contribution in [0.3, 0.4) is 0 Å². The van der Waals surface area contributed by atoms with E-state index in [4.69, 9.17) is 16.3 Å². The molecule has 0 aliphatic carbocycles. The van der Waals surface area contributed by atoms with Crippen molar-refractivity contribution >= 4 is 27.2 Å². The van der Waals surface area contributed by atoms with Crippen molar-refractivity contribution in [2.75, 3.05) is 13.4 Å².